The Morgan fingerprint density at radius 1 is 1.29 bits per heavy atom. The van der Waals surface area contributed by atoms with Gasteiger partial charge in [-0.25, -0.2) is 4.68 Å². The molecular weight excluding hydrogens is 220 g/mol. The first-order chi connectivity index (χ1) is 8.26. The Labute approximate surface area is 98.6 Å². The highest BCUT2D eigenvalue weighted by Gasteiger charge is 2.10. The van der Waals surface area contributed by atoms with Gasteiger partial charge in [-0.05, 0) is 6.07 Å². The van der Waals surface area contributed by atoms with Gasteiger partial charge in [-0.15, -0.1) is 0 Å². The van der Waals surface area contributed by atoms with Crippen molar-refractivity contribution in [3.63, 3.8) is 0 Å². The van der Waals surface area contributed by atoms with Crippen LogP contribution in [0.25, 0.3) is 10.8 Å². The van der Waals surface area contributed by atoms with E-state index < -0.39 is 6.29 Å². The van der Waals surface area contributed by atoms with E-state index in [4.69, 9.17) is 9.47 Å². The SMILES string of the molecule is COC(Cn1ncc2ccccc2c1=O)OC. The van der Waals surface area contributed by atoms with Gasteiger partial charge in [0.15, 0.2) is 6.29 Å². The third-order valence-corrected chi connectivity index (χ3v) is 2.61. The third-order valence-electron chi connectivity index (χ3n) is 2.61. The first-order valence-electron chi connectivity index (χ1n) is 5.26. The molecule has 0 bridgehead atoms. The molecule has 0 saturated heterocycles. The monoisotopic (exact) mass is 234 g/mol. The van der Waals surface area contributed by atoms with E-state index in [1.165, 1.54) is 18.9 Å². The van der Waals surface area contributed by atoms with Gasteiger partial charge in [-0.3, -0.25) is 4.79 Å². The fraction of sp³-hybridized carbons (Fsp3) is 0.333. The maximum atomic E-state index is 12.1. The molecule has 0 fully saturated rings. The van der Waals surface area contributed by atoms with Crippen LogP contribution in [0.5, 0.6) is 0 Å². The van der Waals surface area contributed by atoms with E-state index in [0.717, 1.165) is 5.39 Å². The van der Waals surface area contributed by atoms with Crippen molar-refractivity contribution in [3.8, 4) is 0 Å². The van der Waals surface area contributed by atoms with Gasteiger partial charge in [0.05, 0.1) is 18.1 Å². The molecule has 0 radical (unpaired) electrons. The predicted octanol–water partition coefficient (Wildman–Crippen LogP) is 1.02. The van der Waals surface area contributed by atoms with Gasteiger partial charge >= 0.3 is 0 Å². The molecule has 0 aliphatic rings. The van der Waals surface area contributed by atoms with Crippen molar-refractivity contribution < 1.29 is 9.47 Å². The summed E-state index contributed by atoms with van der Waals surface area (Å²) in [6.45, 7) is 0.274. The maximum absolute atomic E-state index is 12.1. The fourth-order valence-electron chi connectivity index (χ4n) is 1.64. The van der Waals surface area contributed by atoms with E-state index in [9.17, 15) is 4.79 Å². The number of hydrogen-bond donors (Lipinski definition) is 0. The average Bonchev–Trinajstić information content (AvgIpc) is 2.38. The summed E-state index contributed by atoms with van der Waals surface area (Å²) in [5.74, 6) is 0. The van der Waals surface area contributed by atoms with Crippen LogP contribution in [0.3, 0.4) is 0 Å². The van der Waals surface area contributed by atoms with Crippen LogP contribution < -0.4 is 5.56 Å². The van der Waals surface area contributed by atoms with E-state index in [1.54, 1.807) is 12.3 Å². The van der Waals surface area contributed by atoms with Gasteiger partial charge in [0.25, 0.3) is 5.56 Å². The lowest BCUT2D eigenvalue weighted by atomic mass is 10.2. The molecule has 0 aliphatic heterocycles. The van der Waals surface area contributed by atoms with Crippen molar-refractivity contribution >= 4 is 10.8 Å². The molecule has 1 aromatic heterocycles. The second-order valence-corrected chi connectivity index (χ2v) is 3.62. The minimum Gasteiger partial charge on any atom is -0.354 e. The molecule has 0 spiro atoms. The van der Waals surface area contributed by atoms with Crippen LogP contribution in [-0.2, 0) is 16.0 Å². The first kappa shape index (κ1) is 11.8. The van der Waals surface area contributed by atoms with Crippen molar-refractivity contribution in [2.75, 3.05) is 14.2 Å². The van der Waals surface area contributed by atoms with Crippen molar-refractivity contribution in [2.24, 2.45) is 0 Å². The van der Waals surface area contributed by atoms with Crippen LogP contribution in [0.1, 0.15) is 0 Å². The molecule has 0 aliphatic carbocycles. The lowest BCUT2D eigenvalue weighted by Gasteiger charge is -2.14. The summed E-state index contributed by atoms with van der Waals surface area (Å²) in [7, 11) is 3.06. The standard InChI is InChI=1S/C12H14N2O3/c1-16-11(17-2)8-14-12(15)10-6-4-3-5-9(10)7-13-14/h3-7,11H,8H2,1-2H3. The normalized spacial score (nSPS) is 11.2. The third kappa shape index (κ3) is 2.35. The molecule has 0 unspecified atom stereocenters. The van der Waals surface area contributed by atoms with Crippen LogP contribution in [0, 0.1) is 0 Å². The number of nitrogens with zero attached hydrogens (tertiary/aromatic N) is 2. The Morgan fingerprint density at radius 2 is 2.00 bits per heavy atom. The summed E-state index contributed by atoms with van der Waals surface area (Å²) in [6.07, 6.45) is 1.19. The van der Waals surface area contributed by atoms with Gasteiger partial charge < -0.3 is 9.47 Å². The largest absolute Gasteiger partial charge is 0.354 e. The van der Waals surface area contributed by atoms with Gasteiger partial charge in [-0.2, -0.15) is 5.10 Å². The van der Waals surface area contributed by atoms with E-state index >= 15 is 0 Å². The maximum Gasteiger partial charge on any atom is 0.274 e. The quantitative estimate of drug-likeness (QED) is 0.741. The minimum atomic E-state index is -0.471. The van der Waals surface area contributed by atoms with E-state index in [1.807, 2.05) is 18.2 Å². The van der Waals surface area contributed by atoms with Gasteiger partial charge in [-0.1, -0.05) is 18.2 Å². The van der Waals surface area contributed by atoms with Gasteiger partial charge in [0.1, 0.15) is 0 Å². The van der Waals surface area contributed by atoms with E-state index in [0.29, 0.717) is 5.39 Å². The summed E-state index contributed by atoms with van der Waals surface area (Å²) < 4.78 is 11.4. The Balaban J connectivity index is 2.42. The molecule has 90 valence electrons. The number of ether oxygens (including phenoxy) is 2. The van der Waals surface area contributed by atoms with Crippen LogP contribution in [-0.4, -0.2) is 30.3 Å². The number of fused-ring (bicyclic) bond motifs is 1. The minimum absolute atomic E-state index is 0.137. The molecule has 5 nitrogen and oxygen atoms in total. The first-order valence-corrected chi connectivity index (χ1v) is 5.26. The second-order valence-electron chi connectivity index (χ2n) is 3.62. The topological polar surface area (TPSA) is 53.4 Å². The second kappa shape index (κ2) is 5.07. The van der Waals surface area contributed by atoms with Crippen molar-refractivity contribution in [1.82, 2.24) is 9.78 Å². The average molecular weight is 234 g/mol. The van der Waals surface area contributed by atoms with Crippen molar-refractivity contribution in [3.05, 3.63) is 40.8 Å². The van der Waals surface area contributed by atoms with Crippen LogP contribution in [0.4, 0.5) is 0 Å². The molecule has 2 rings (SSSR count). The summed E-state index contributed by atoms with van der Waals surface area (Å²) in [6, 6.07) is 7.35. The number of benzene rings is 1. The lowest BCUT2D eigenvalue weighted by molar-refractivity contribution is -0.113. The fourth-order valence-corrected chi connectivity index (χ4v) is 1.64. The molecule has 1 heterocycles. The highest BCUT2D eigenvalue weighted by Crippen LogP contribution is 2.06. The van der Waals surface area contributed by atoms with Crippen LogP contribution >= 0.6 is 0 Å². The van der Waals surface area contributed by atoms with E-state index in [-0.39, 0.29) is 12.1 Å². The van der Waals surface area contributed by atoms with Crippen LogP contribution in [0.15, 0.2) is 35.3 Å². The number of methoxy groups -OCH3 is 2. The zero-order valence-electron chi connectivity index (χ0n) is 9.79. The Bertz CT molecular complexity index is 561. The smallest absolute Gasteiger partial charge is 0.274 e. The molecule has 1 aromatic carbocycles. The van der Waals surface area contributed by atoms with Crippen molar-refractivity contribution in [1.29, 1.82) is 0 Å². The van der Waals surface area contributed by atoms with Gasteiger partial charge in [0, 0.05) is 19.6 Å². The Morgan fingerprint density at radius 3 is 2.71 bits per heavy atom. The predicted molar refractivity (Wildman–Crippen MR) is 63.8 cm³/mol. The van der Waals surface area contributed by atoms with E-state index in [2.05, 4.69) is 5.10 Å². The molecule has 5 heteroatoms. The van der Waals surface area contributed by atoms with Crippen molar-refractivity contribution in [2.45, 2.75) is 12.8 Å². The molecule has 0 atom stereocenters. The summed E-state index contributed by atoms with van der Waals surface area (Å²) in [5, 5.41) is 5.57. The molecule has 0 N–H and O–H groups in total. The molecule has 2 aromatic rings. The van der Waals surface area contributed by atoms with Crippen LogP contribution in [0.2, 0.25) is 0 Å². The molecule has 0 saturated carbocycles. The highest BCUT2D eigenvalue weighted by molar-refractivity contribution is 5.80. The zero-order valence-corrected chi connectivity index (χ0v) is 9.79. The Kier molecular flexibility index (Phi) is 3.51. The zero-order chi connectivity index (χ0) is 12.3. The number of hydrogen-bond acceptors (Lipinski definition) is 4. The number of rotatable bonds is 4. The molecular formula is C12H14N2O3. The highest BCUT2D eigenvalue weighted by atomic mass is 16.7. The molecule has 17 heavy (non-hydrogen) atoms. The molecule has 0 amide bonds. The summed E-state index contributed by atoms with van der Waals surface area (Å²) in [4.78, 5) is 12.1. The Hall–Kier alpha value is -1.72. The summed E-state index contributed by atoms with van der Waals surface area (Å²) >= 11 is 0. The lowest BCUT2D eigenvalue weighted by Crippen LogP contribution is -2.30. The van der Waals surface area contributed by atoms with Gasteiger partial charge in [0.2, 0.25) is 0 Å². The number of aromatic nitrogens is 2. The summed E-state index contributed by atoms with van der Waals surface area (Å²) in [5.41, 5.74) is -0.137.